The summed E-state index contributed by atoms with van der Waals surface area (Å²) >= 11 is 0. The van der Waals surface area contributed by atoms with Gasteiger partial charge < -0.3 is 14.8 Å². The van der Waals surface area contributed by atoms with Crippen LogP contribution in [0.4, 0.5) is 5.69 Å². The molecule has 0 fully saturated rings. The Morgan fingerprint density at radius 2 is 1.38 bits per heavy atom. The molecule has 4 heteroatoms. The van der Waals surface area contributed by atoms with Gasteiger partial charge in [0.25, 0.3) is 0 Å². The third-order valence-electron chi connectivity index (χ3n) is 4.06. The Balaban J connectivity index is 1.67. The lowest BCUT2D eigenvalue weighted by molar-refractivity contribution is -0.115. The molecular formula is C22H21NO3. The third-order valence-corrected chi connectivity index (χ3v) is 4.06. The molecule has 1 N–H and O–H groups in total. The maximum atomic E-state index is 12.3. The normalized spacial score (nSPS) is 10.2. The molecule has 4 nitrogen and oxygen atoms in total. The van der Waals surface area contributed by atoms with Gasteiger partial charge in [0.2, 0.25) is 5.91 Å². The maximum absolute atomic E-state index is 12.3. The van der Waals surface area contributed by atoms with Crippen LogP contribution in [-0.4, -0.2) is 20.1 Å². The first-order chi connectivity index (χ1) is 12.7. The summed E-state index contributed by atoms with van der Waals surface area (Å²) in [6, 6.07) is 23.5. The van der Waals surface area contributed by atoms with Crippen molar-refractivity contribution in [3.63, 3.8) is 0 Å². The number of hydrogen-bond donors (Lipinski definition) is 1. The molecule has 1 amide bonds. The molecule has 0 radical (unpaired) electrons. The molecule has 0 unspecified atom stereocenters. The van der Waals surface area contributed by atoms with Crippen LogP contribution in [0.15, 0.2) is 72.8 Å². The summed E-state index contributed by atoms with van der Waals surface area (Å²) < 4.78 is 10.4. The highest BCUT2D eigenvalue weighted by Crippen LogP contribution is 2.26. The number of carbonyl (C=O) groups excluding carboxylic acids is 1. The summed E-state index contributed by atoms with van der Waals surface area (Å²) in [5.74, 6) is 1.17. The molecule has 3 rings (SSSR count). The Morgan fingerprint density at radius 3 is 1.96 bits per heavy atom. The van der Waals surface area contributed by atoms with Crippen molar-refractivity contribution in [2.45, 2.75) is 6.42 Å². The van der Waals surface area contributed by atoms with Crippen molar-refractivity contribution >= 4 is 11.6 Å². The predicted molar refractivity (Wildman–Crippen MR) is 104 cm³/mol. The number of hydrogen-bond acceptors (Lipinski definition) is 3. The Kier molecular flexibility index (Phi) is 5.54. The van der Waals surface area contributed by atoms with Gasteiger partial charge in [0.05, 0.1) is 20.6 Å². The summed E-state index contributed by atoms with van der Waals surface area (Å²) in [5.41, 5.74) is 3.89. The molecule has 0 aromatic heterocycles. The van der Waals surface area contributed by atoms with Crippen LogP contribution in [0.25, 0.3) is 11.1 Å². The Hall–Kier alpha value is -3.27. The second-order valence-electron chi connectivity index (χ2n) is 5.89. The molecular weight excluding hydrogens is 326 g/mol. The molecule has 0 atom stereocenters. The van der Waals surface area contributed by atoms with Gasteiger partial charge in [-0.1, -0.05) is 54.6 Å². The van der Waals surface area contributed by atoms with E-state index in [1.165, 1.54) is 0 Å². The van der Waals surface area contributed by atoms with E-state index in [1.807, 2.05) is 42.5 Å². The molecule has 0 aliphatic rings. The number of rotatable bonds is 6. The average Bonchev–Trinajstić information content (AvgIpc) is 2.68. The van der Waals surface area contributed by atoms with E-state index in [9.17, 15) is 4.79 Å². The lowest BCUT2D eigenvalue weighted by Crippen LogP contribution is -2.14. The molecule has 0 spiro atoms. The van der Waals surface area contributed by atoms with E-state index in [-0.39, 0.29) is 5.91 Å². The van der Waals surface area contributed by atoms with Gasteiger partial charge in [-0.05, 0) is 16.7 Å². The van der Waals surface area contributed by atoms with E-state index < -0.39 is 0 Å². The van der Waals surface area contributed by atoms with E-state index >= 15 is 0 Å². The largest absolute Gasteiger partial charge is 0.497 e. The number of anilines is 1. The van der Waals surface area contributed by atoms with Gasteiger partial charge in [0.1, 0.15) is 11.5 Å². The standard InChI is InChI=1S/C22H21NO3/c1-25-20-13-19(14-21(15-20)26-2)23-22(24)12-16-8-10-18(11-9-16)17-6-4-3-5-7-17/h3-11,13-15H,12H2,1-2H3,(H,23,24). The monoisotopic (exact) mass is 347 g/mol. The van der Waals surface area contributed by atoms with Crippen molar-refractivity contribution in [2.75, 3.05) is 19.5 Å². The fraction of sp³-hybridized carbons (Fsp3) is 0.136. The highest BCUT2D eigenvalue weighted by Gasteiger charge is 2.08. The van der Waals surface area contributed by atoms with Crippen LogP contribution in [0.5, 0.6) is 11.5 Å². The lowest BCUT2D eigenvalue weighted by Gasteiger charge is -2.10. The first kappa shape index (κ1) is 17.5. The van der Waals surface area contributed by atoms with Crippen LogP contribution in [-0.2, 0) is 11.2 Å². The first-order valence-electron chi connectivity index (χ1n) is 8.35. The number of benzene rings is 3. The zero-order valence-corrected chi connectivity index (χ0v) is 14.9. The van der Waals surface area contributed by atoms with Crippen LogP contribution in [0.2, 0.25) is 0 Å². The van der Waals surface area contributed by atoms with Gasteiger partial charge in [-0.2, -0.15) is 0 Å². The molecule has 0 aliphatic heterocycles. The van der Waals surface area contributed by atoms with Crippen molar-refractivity contribution in [1.82, 2.24) is 0 Å². The average molecular weight is 347 g/mol. The van der Waals surface area contributed by atoms with E-state index in [4.69, 9.17) is 9.47 Å². The van der Waals surface area contributed by atoms with Gasteiger partial charge in [-0.15, -0.1) is 0 Å². The molecule has 0 saturated carbocycles. The van der Waals surface area contributed by atoms with E-state index in [0.717, 1.165) is 16.7 Å². The van der Waals surface area contributed by atoms with Gasteiger partial charge in [-0.3, -0.25) is 4.79 Å². The Labute approximate surface area is 153 Å². The second kappa shape index (κ2) is 8.21. The summed E-state index contributed by atoms with van der Waals surface area (Å²) in [4.78, 5) is 12.3. The zero-order valence-electron chi connectivity index (χ0n) is 14.9. The van der Waals surface area contributed by atoms with Gasteiger partial charge >= 0.3 is 0 Å². The van der Waals surface area contributed by atoms with Crippen molar-refractivity contribution in [3.05, 3.63) is 78.4 Å². The fourth-order valence-electron chi connectivity index (χ4n) is 2.72. The molecule has 3 aromatic rings. The predicted octanol–water partition coefficient (Wildman–Crippen LogP) is 4.55. The number of methoxy groups -OCH3 is 2. The molecule has 0 bridgehead atoms. The maximum Gasteiger partial charge on any atom is 0.228 e. The highest BCUT2D eigenvalue weighted by molar-refractivity contribution is 5.92. The zero-order chi connectivity index (χ0) is 18.4. The van der Waals surface area contributed by atoms with Crippen molar-refractivity contribution in [2.24, 2.45) is 0 Å². The minimum atomic E-state index is -0.0900. The Morgan fingerprint density at radius 1 is 0.808 bits per heavy atom. The molecule has 0 aliphatic carbocycles. The van der Waals surface area contributed by atoms with Crippen LogP contribution >= 0.6 is 0 Å². The van der Waals surface area contributed by atoms with Crippen LogP contribution < -0.4 is 14.8 Å². The highest BCUT2D eigenvalue weighted by atomic mass is 16.5. The van der Waals surface area contributed by atoms with Crippen LogP contribution in [0.3, 0.4) is 0 Å². The second-order valence-corrected chi connectivity index (χ2v) is 5.89. The summed E-state index contributed by atoms with van der Waals surface area (Å²) in [6.07, 6.45) is 0.300. The molecule has 0 saturated heterocycles. The molecule has 3 aromatic carbocycles. The quantitative estimate of drug-likeness (QED) is 0.711. The van der Waals surface area contributed by atoms with Crippen LogP contribution in [0, 0.1) is 0 Å². The minimum Gasteiger partial charge on any atom is -0.497 e. The van der Waals surface area contributed by atoms with Crippen LogP contribution in [0.1, 0.15) is 5.56 Å². The van der Waals surface area contributed by atoms with Gasteiger partial charge in [0.15, 0.2) is 0 Å². The summed E-state index contributed by atoms with van der Waals surface area (Å²) in [6.45, 7) is 0. The molecule has 0 heterocycles. The van der Waals surface area contributed by atoms with Crippen molar-refractivity contribution < 1.29 is 14.3 Å². The Bertz CT molecular complexity index is 851. The molecule has 26 heavy (non-hydrogen) atoms. The third kappa shape index (κ3) is 4.42. The summed E-state index contributed by atoms with van der Waals surface area (Å²) in [7, 11) is 3.16. The SMILES string of the molecule is COc1cc(NC(=O)Cc2ccc(-c3ccccc3)cc2)cc(OC)c1. The van der Waals surface area contributed by atoms with E-state index in [0.29, 0.717) is 23.6 Å². The van der Waals surface area contributed by atoms with Crippen molar-refractivity contribution in [1.29, 1.82) is 0 Å². The number of amides is 1. The van der Waals surface area contributed by atoms with Gasteiger partial charge in [-0.25, -0.2) is 0 Å². The number of ether oxygens (including phenoxy) is 2. The van der Waals surface area contributed by atoms with E-state index in [2.05, 4.69) is 17.4 Å². The minimum absolute atomic E-state index is 0.0900. The lowest BCUT2D eigenvalue weighted by atomic mass is 10.0. The first-order valence-corrected chi connectivity index (χ1v) is 8.35. The number of carbonyl (C=O) groups is 1. The topological polar surface area (TPSA) is 47.6 Å². The number of nitrogens with one attached hydrogen (secondary N) is 1. The summed E-state index contributed by atoms with van der Waals surface area (Å²) in [5, 5.41) is 2.89. The smallest absolute Gasteiger partial charge is 0.228 e. The van der Waals surface area contributed by atoms with Crippen molar-refractivity contribution in [3.8, 4) is 22.6 Å². The fourth-order valence-corrected chi connectivity index (χ4v) is 2.72. The molecule has 132 valence electrons. The van der Waals surface area contributed by atoms with Gasteiger partial charge in [0, 0.05) is 23.9 Å². The van der Waals surface area contributed by atoms with E-state index in [1.54, 1.807) is 32.4 Å².